The number of aromatic nitrogens is 1. The number of rotatable bonds is 5. The highest BCUT2D eigenvalue weighted by Gasteiger charge is 2.29. The van der Waals surface area contributed by atoms with Gasteiger partial charge < -0.3 is 20.5 Å². The van der Waals surface area contributed by atoms with Crippen LogP contribution in [0.2, 0.25) is 0 Å². The first-order valence-electron chi connectivity index (χ1n) is 8.20. The fraction of sp³-hybridized carbons (Fsp3) is 0.389. The number of anilines is 1. The molecular formula is C18H20F3N3O2. The fourth-order valence-corrected chi connectivity index (χ4v) is 2.95. The van der Waals surface area contributed by atoms with Crippen LogP contribution in [0.15, 0.2) is 36.7 Å². The number of nitrogens with two attached hydrogens (primary N) is 1. The minimum absolute atomic E-state index is 0.0123. The minimum Gasteiger partial charge on any atom is -0.492 e. The van der Waals surface area contributed by atoms with Gasteiger partial charge in [0.15, 0.2) is 6.23 Å². The zero-order valence-electron chi connectivity index (χ0n) is 14.2. The van der Waals surface area contributed by atoms with Crippen LogP contribution in [0.1, 0.15) is 24.6 Å². The zero-order valence-corrected chi connectivity index (χ0v) is 14.2. The summed E-state index contributed by atoms with van der Waals surface area (Å²) in [7, 11) is 1.75. The van der Waals surface area contributed by atoms with Crippen LogP contribution in [0.4, 0.5) is 18.9 Å². The van der Waals surface area contributed by atoms with Crippen molar-refractivity contribution in [1.82, 2.24) is 4.98 Å². The normalized spacial score (nSPS) is 17.5. The van der Waals surface area contributed by atoms with Gasteiger partial charge in [-0.2, -0.15) is 13.2 Å². The summed E-state index contributed by atoms with van der Waals surface area (Å²) in [5.41, 5.74) is 8.98. The van der Waals surface area contributed by atoms with Gasteiger partial charge in [0.1, 0.15) is 12.4 Å². The first-order chi connectivity index (χ1) is 12.3. The number of benzene rings is 1. The van der Waals surface area contributed by atoms with Gasteiger partial charge >= 0.3 is 6.18 Å². The molecule has 0 spiro atoms. The summed E-state index contributed by atoms with van der Waals surface area (Å²) in [5.74, 6) is 0.489. The summed E-state index contributed by atoms with van der Waals surface area (Å²) in [6.07, 6.45) is -2.89. The van der Waals surface area contributed by atoms with Crippen LogP contribution in [0, 0.1) is 0 Å². The Balaban J connectivity index is 1.74. The monoisotopic (exact) mass is 367 g/mol. The number of hydrogen-bond donors (Lipinski definition) is 2. The fourth-order valence-electron chi connectivity index (χ4n) is 2.95. The van der Waals surface area contributed by atoms with E-state index >= 15 is 0 Å². The number of aliphatic hydroxyl groups excluding tert-OH is 1. The van der Waals surface area contributed by atoms with Crippen molar-refractivity contribution in [3.05, 3.63) is 42.2 Å². The molecule has 1 aliphatic heterocycles. The predicted molar refractivity (Wildman–Crippen MR) is 91.8 cm³/mol. The van der Waals surface area contributed by atoms with Crippen molar-refractivity contribution in [2.45, 2.75) is 31.3 Å². The highest BCUT2D eigenvalue weighted by molar-refractivity contribution is 5.84. The van der Waals surface area contributed by atoms with Gasteiger partial charge in [0.05, 0.1) is 5.69 Å². The van der Waals surface area contributed by atoms with E-state index in [0.717, 1.165) is 16.8 Å². The molecule has 0 saturated carbocycles. The Kier molecular flexibility index (Phi) is 5.06. The summed E-state index contributed by atoms with van der Waals surface area (Å²) in [5, 5.41) is 10.5. The average molecular weight is 367 g/mol. The Morgan fingerprint density at radius 2 is 2.08 bits per heavy atom. The van der Waals surface area contributed by atoms with E-state index in [0.29, 0.717) is 11.3 Å². The van der Waals surface area contributed by atoms with Crippen LogP contribution in [0.3, 0.4) is 0 Å². The molecule has 0 fully saturated rings. The zero-order chi connectivity index (χ0) is 18.9. The van der Waals surface area contributed by atoms with Crippen molar-refractivity contribution in [2.24, 2.45) is 5.73 Å². The molecule has 1 aromatic carbocycles. The van der Waals surface area contributed by atoms with E-state index in [1.807, 2.05) is 12.1 Å². The van der Waals surface area contributed by atoms with Crippen molar-refractivity contribution in [3.8, 4) is 16.9 Å². The molecule has 0 amide bonds. The summed E-state index contributed by atoms with van der Waals surface area (Å²) >= 11 is 0. The quantitative estimate of drug-likeness (QED) is 0.849. The molecule has 1 aromatic heterocycles. The van der Waals surface area contributed by atoms with E-state index in [2.05, 4.69) is 4.98 Å². The van der Waals surface area contributed by atoms with Crippen LogP contribution >= 0.6 is 0 Å². The van der Waals surface area contributed by atoms with E-state index in [9.17, 15) is 18.3 Å². The third-order valence-corrected chi connectivity index (χ3v) is 4.40. The van der Waals surface area contributed by atoms with Crippen molar-refractivity contribution < 1.29 is 23.0 Å². The van der Waals surface area contributed by atoms with E-state index in [1.54, 1.807) is 36.5 Å². The SMILES string of the molecule is CN1c2cc(OCC(N)CCC(F)(F)F)ccc2-c2ccncc2C1O. The molecule has 5 nitrogen and oxygen atoms in total. The Labute approximate surface area is 149 Å². The van der Waals surface area contributed by atoms with Gasteiger partial charge in [0.2, 0.25) is 0 Å². The van der Waals surface area contributed by atoms with Crippen LogP contribution in [-0.4, -0.2) is 36.0 Å². The van der Waals surface area contributed by atoms with Gasteiger partial charge in [-0.1, -0.05) is 0 Å². The molecule has 8 heteroatoms. The smallest absolute Gasteiger partial charge is 0.389 e. The second-order valence-corrected chi connectivity index (χ2v) is 6.35. The van der Waals surface area contributed by atoms with Gasteiger partial charge in [-0.3, -0.25) is 4.98 Å². The molecule has 140 valence electrons. The number of halogens is 3. The third kappa shape index (κ3) is 3.91. The maximum atomic E-state index is 12.2. The van der Waals surface area contributed by atoms with Crippen LogP contribution in [-0.2, 0) is 0 Å². The Morgan fingerprint density at radius 1 is 1.31 bits per heavy atom. The van der Waals surface area contributed by atoms with E-state index in [-0.39, 0.29) is 13.0 Å². The maximum Gasteiger partial charge on any atom is 0.389 e. The molecule has 26 heavy (non-hydrogen) atoms. The number of aliphatic hydroxyl groups is 1. The molecule has 3 rings (SSSR count). The lowest BCUT2D eigenvalue weighted by Gasteiger charge is -2.34. The van der Waals surface area contributed by atoms with Gasteiger partial charge in [0.25, 0.3) is 0 Å². The number of ether oxygens (including phenoxy) is 1. The molecule has 2 atom stereocenters. The van der Waals surface area contributed by atoms with E-state index < -0.39 is 24.9 Å². The summed E-state index contributed by atoms with van der Waals surface area (Å²) in [4.78, 5) is 5.74. The Morgan fingerprint density at radius 3 is 2.81 bits per heavy atom. The molecule has 2 unspecified atom stereocenters. The molecule has 0 saturated heterocycles. The lowest BCUT2D eigenvalue weighted by molar-refractivity contribution is -0.136. The first kappa shape index (κ1) is 18.5. The number of fused-ring (bicyclic) bond motifs is 3. The molecular weight excluding hydrogens is 347 g/mol. The molecule has 1 aliphatic rings. The molecule has 3 N–H and O–H groups in total. The molecule has 2 heterocycles. The van der Waals surface area contributed by atoms with Gasteiger partial charge in [-0.15, -0.1) is 0 Å². The van der Waals surface area contributed by atoms with E-state index in [1.165, 1.54) is 0 Å². The Hall–Kier alpha value is -2.32. The maximum absolute atomic E-state index is 12.2. The molecule has 2 aromatic rings. The number of pyridine rings is 1. The lowest BCUT2D eigenvalue weighted by atomic mass is 9.94. The molecule has 0 bridgehead atoms. The third-order valence-electron chi connectivity index (χ3n) is 4.40. The largest absolute Gasteiger partial charge is 0.492 e. The lowest BCUT2D eigenvalue weighted by Crippen LogP contribution is -2.30. The van der Waals surface area contributed by atoms with Crippen molar-refractivity contribution in [2.75, 3.05) is 18.6 Å². The van der Waals surface area contributed by atoms with Crippen molar-refractivity contribution in [1.29, 1.82) is 0 Å². The van der Waals surface area contributed by atoms with Gasteiger partial charge in [-0.25, -0.2) is 0 Å². The van der Waals surface area contributed by atoms with Crippen molar-refractivity contribution in [3.63, 3.8) is 0 Å². The van der Waals surface area contributed by atoms with Gasteiger partial charge in [-0.05, 0) is 30.2 Å². The second kappa shape index (κ2) is 7.13. The number of nitrogens with zero attached hydrogens (tertiary/aromatic N) is 2. The van der Waals surface area contributed by atoms with Crippen molar-refractivity contribution >= 4 is 5.69 Å². The second-order valence-electron chi connectivity index (χ2n) is 6.35. The highest BCUT2D eigenvalue weighted by Crippen LogP contribution is 2.43. The predicted octanol–water partition coefficient (Wildman–Crippen LogP) is 3.24. The molecule has 0 radical (unpaired) electrons. The standard InChI is InChI=1S/C18H20F3N3O2/c1-24-16-8-12(26-10-11(22)4-6-18(19,20)21)2-3-14(16)13-5-7-23-9-15(13)17(24)25/h2-3,5,7-9,11,17,25H,4,6,10,22H2,1H3. The average Bonchev–Trinajstić information content (AvgIpc) is 2.62. The molecule has 0 aliphatic carbocycles. The number of alkyl halides is 3. The van der Waals surface area contributed by atoms with Crippen LogP contribution < -0.4 is 15.4 Å². The summed E-state index contributed by atoms with van der Waals surface area (Å²) < 4.78 is 42.3. The van der Waals surface area contributed by atoms with E-state index in [4.69, 9.17) is 10.5 Å². The first-order valence-corrected chi connectivity index (χ1v) is 8.20. The minimum atomic E-state index is -4.22. The van der Waals surface area contributed by atoms with Crippen LogP contribution in [0.5, 0.6) is 5.75 Å². The van der Waals surface area contributed by atoms with Gasteiger partial charge in [0, 0.05) is 49.1 Å². The highest BCUT2D eigenvalue weighted by atomic mass is 19.4. The summed E-state index contributed by atoms with van der Waals surface area (Å²) in [6.45, 7) is -0.0123. The number of hydrogen-bond acceptors (Lipinski definition) is 5. The summed E-state index contributed by atoms with van der Waals surface area (Å²) in [6, 6.07) is 6.47. The van der Waals surface area contributed by atoms with Crippen LogP contribution in [0.25, 0.3) is 11.1 Å². The topological polar surface area (TPSA) is 71.6 Å². The Bertz CT molecular complexity index is 783.